The second kappa shape index (κ2) is 12.5. The van der Waals surface area contributed by atoms with Crippen molar-refractivity contribution in [1.29, 1.82) is 0 Å². The van der Waals surface area contributed by atoms with Gasteiger partial charge < -0.3 is 19.3 Å². The first-order chi connectivity index (χ1) is 20.9. The summed E-state index contributed by atoms with van der Waals surface area (Å²) in [4.78, 5) is 27.5. The van der Waals surface area contributed by atoms with Crippen LogP contribution in [-0.2, 0) is 14.3 Å². The van der Waals surface area contributed by atoms with Crippen molar-refractivity contribution in [1.82, 2.24) is 4.90 Å². The van der Waals surface area contributed by atoms with E-state index in [2.05, 4.69) is 40.8 Å². The van der Waals surface area contributed by atoms with Crippen molar-refractivity contribution in [3.8, 4) is 17.2 Å². The Morgan fingerprint density at radius 3 is 2.49 bits per heavy atom. The quantitative estimate of drug-likeness (QED) is 0.122. The number of nitrogens with zero attached hydrogens (tertiary/aromatic N) is 1. The van der Waals surface area contributed by atoms with E-state index in [1.54, 1.807) is 14.2 Å². The minimum atomic E-state index is -0.381. The van der Waals surface area contributed by atoms with Gasteiger partial charge in [-0.1, -0.05) is 54.6 Å². The predicted molar refractivity (Wildman–Crippen MR) is 172 cm³/mol. The van der Waals surface area contributed by atoms with E-state index in [0.717, 1.165) is 40.0 Å². The largest absolute Gasteiger partial charge is 0.504 e. The van der Waals surface area contributed by atoms with Crippen LogP contribution in [0.2, 0.25) is 0 Å². The van der Waals surface area contributed by atoms with E-state index in [0.29, 0.717) is 35.4 Å². The molecule has 4 atom stereocenters. The molecule has 43 heavy (non-hydrogen) atoms. The van der Waals surface area contributed by atoms with Crippen LogP contribution in [0.4, 0.5) is 0 Å². The monoisotopic (exact) mass is 691 g/mol. The zero-order chi connectivity index (χ0) is 30.1. The number of benzene rings is 3. The van der Waals surface area contributed by atoms with Gasteiger partial charge in [0.05, 0.1) is 35.2 Å². The molecule has 0 unspecified atom stereocenters. The molecule has 2 saturated heterocycles. The highest BCUT2D eigenvalue weighted by Crippen LogP contribution is 2.50. The Morgan fingerprint density at radius 2 is 1.77 bits per heavy atom. The molecule has 8 heteroatoms. The molecule has 222 valence electrons. The van der Waals surface area contributed by atoms with Crippen molar-refractivity contribution in [2.75, 3.05) is 27.4 Å². The first-order valence-electron chi connectivity index (χ1n) is 14.5. The van der Waals surface area contributed by atoms with Gasteiger partial charge in [0, 0.05) is 13.0 Å². The Morgan fingerprint density at radius 1 is 1.05 bits per heavy atom. The molecule has 0 spiro atoms. The number of ether oxygens (including phenoxy) is 3. The maximum Gasteiger partial charge on any atom is 0.233 e. The van der Waals surface area contributed by atoms with Crippen LogP contribution < -0.4 is 9.47 Å². The summed E-state index contributed by atoms with van der Waals surface area (Å²) < 4.78 is 18.7. The fourth-order valence-corrected chi connectivity index (χ4v) is 7.35. The van der Waals surface area contributed by atoms with Gasteiger partial charge in [0.15, 0.2) is 11.5 Å². The van der Waals surface area contributed by atoms with E-state index in [-0.39, 0.29) is 41.4 Å². The summed E-state index contributed by atoms with van der Waals surface area (Å²) in [7, 11) is 3.14. The van der Waals surface area contributed by atoms with Crippen LogP contribution >= 0.6 is 22.6 Å². The summed E-state index contributed by atoms with van der Waals surface area (Å²) in [5, 5.41) is 10.4. The third-order valence-electron chi connectivity index (χ3n) is 8.82. The minimum Gasteiger partial charge on any atom is -0.504 e. The summed E-state index contributed by atoms with van der Waals surface area (Å²) in [5.41, 5.74) is 5.35. The molecule has 2 amide bonds. The maximum absolute atomic E-state index is 13.2. The summed E-state index contributed by atoms with van der Waals surface area (Å²) in [6.07, 6.45) is 3.88. The SMILES string of the molecule is COc1cc(/C=C(/CC[C@H]2OC[C@H]3C2=C(COc2ccccc2)C[C@H]2C(=O)N(C)C(=O)[C@H]23)c2ccccc2)cc(I)c1O. The highest BCUT2D eigenvalue weighted by atomic mass is 127. The molecule has 2 heterocycles. The summed E-state index contributed by atoms with van der Waals surface area (Å²) in [6.45, 7) is 0.776. The van der Waals surface area contributed by atoms with Crippen molar-refractivity contribution in [2.24, 2.45) is 17.8 Å². The topological polar surface area (TPSA) is 85.3 Å². The molecule has 0 radical (unpaired) electrons. The standard InChI is InChI=1S/C35H34INO6/c1-37-34(39)26-18-24(19-42-25-11-7-4-8-12-25)31-27(32(26)35(37)40)20-43-29(31)14-13-23(22-9-5-3-6-10-22)15-21-16-28(36)33(38)30(17-21)41-2/h3-12,15-17,26-27,29,32,38H,13-14,18-20H2,1-2H3/b23-15-/t26-,27+,29-,32-/m1/s1. The molecule has 0 bridgehead atoms. The Kier molecular flexibility index (Phi) is 8.59. The molecule has 3 aromatic rings. The average Bonchev–Trinajstić information content (AvgIpc) is 3.55. The molecule has 6 rings (SSSR count). The van der Waals surface area contributed by atoms with E-state index >= 15 is 0 Å². The van der Waals surface area contributed by atoms with Gasteiger partial charge in [0.1, 0.15) is 12.4 Å². The summed E-state index contributed by atoms with van der Waals surface area (Å²) in [5.74, 6) is 0.232. The van der Waals surface area contributed by atoms with Crippen LogP contribution in [0, 0.1) is 21.3 Å². The molecule has 2 aliphatic heterocycles. The lowest BCUT2D eigenvalue weighted by Gasteiger charge is -2.32. The van der Waals surface area contributed by atoms with E-state index in [1.807, 2.05) is 60.7 Å². The van der Waals surface area contributed by atoms with Crippen molar-refractivity contribution >= 4 is 46.1 Å². The Hall–Kier alpha value is -3.63. The van der Waals surface area contributed by atoms with Gasteiger partial charge in [-0.2, -0.15) is 0 Å². The minimum absolute atomic E-state index is 0.106. The van der Waals surface area contributed by atoms with E-state index in [1.165, 1.54) is 4.90 Å². The zero-order valence-electron chi connectivity index (χ0n) is 24.2. The number of amides is 2. The molecule has 3 aliphatic rings. The van der Waals surface area contributed by atoms with Gasteiger partial charge in [0.25, 0.3) is 0 Å². The van der Waals surface area contributed by atoms with Gasteiger partial charge in [0.2, 0.25) is 11.8 Å². The van der Waals surface area contributed by atoms with Crippen molar-refractivity contribution < 1.29 is 28.9 Å². The lowest BCUT2D eigenvalue weighted by atomic mass is 9.69. The van der Waals surface area contributed by atoms with Gasteiger partial charge in [-0.05, 0) is 94.0 Å². The Labute approximate surface area is 265 Å². The number of carbonyl (C=O) groups excluding carboxylic acids is 2. The number of phenolic OH excluding ortho intramolecular Hbond substituents is 1. The molecule has 2 fully saturated rings. The third-order valence-corrected chi connectivity index (χ3v) is 9.64. The second-order valence-corrected chi connectivity index (χ2v) is 12.5. The number of hydrogen-bond donors (Lipinski definition) is 1. The number of phenols is 1. The fourth-order valence-electron chi connectivity index (χ4n) is 6.72. The lowest BCUT2D eigenvalue weighted by molar-refractivity contribution is -0.138. The van der Waals surface area contributed by atoms with E-state index in [9.17, 15) is 14.7 Å². The van der Waals surface area contributed by atoms with E-state index < -0.39 is 0 Å². The highest BCUT2D eigenvalue weighted by Gasteiger charge is 2.56. The molecule has 0 aromatic heterocycles. The van der Waals surface area contributed by atoms with Crippen LogP contribution in [0.5, 0.6) is 17.2 Å². The Bertz CT molecular complexity index is 1580. The summed E-state index contributed by atoms with van der Waals surface area (Å²) in [6, 6.07) is 23.7. The van der Waals surface area contributed by atoms with Gasteiger partial charge >= 0.3 is 0 Å². The number of halogens is 1. The number of allylic oxidation sites excluding steroid dienone is 1. The van der Waals surface area contributed by atoms with Crippen molar-refractivity contribution in [2.45, 2.75) is 25.4 Å². The number of methoxy groups -OCH3 is 1. The van der Waals surface area contributed by atoms with Crippen LogP contribution in [0.3, 0.4) is 0 Å². The average molecular weight is 692 g/mol. The number of hydrogen-bond acceptors (Lipinski definition) is 6. The van der Waals surface area contributed by atoms with Crippen LogP contribution in [0.1, 0.15) is 30.4 Å². The zero-order valence-corrected chi connectivity index (χ0v) is 26.3. The van der Waals surface area contributed by atoms with Gasteiger partial charge in [-0.15, -0.1) is 0 Å². The van der Waals surface area contributed by atoms with Crippen molar-refractivity contribution in [3.05, 3.63) is 98.6 Å². The number of aromatic hydroxyl groups is 1. The molecule has 0 saturated carbocycles. The number of para-hydroxylation sites is 1. The Balaban J connectivity index is 1.31. The number of fused-ring (bicyclic) bond motifs is 3. The third kappa shape index (κ3) is 5.82. The normalized spacial score (nSPS) is 23.4. The molecule has 1 aliphatic carbocycles. The maximum atomic E-state index is 13.2. The number of rotatable bonds is 9. The number of likely N-dealkylation sites (tertiary alicyclic amines) is 1. The molecular formula is C35H34INO6. The lowest BCUT2D eigenvalue weighted by Crippen LogP contribution is -2.35. The molecule has 7 nitrogen and oxygen atoms in total. The fraction of sp³-hybridized carbons (Fsp3) is 0.314. The second-order valence-electron chi connectivity index (χ2n) is 11.3. The predicted octanol–water partition coefficient (Wildman–Crippen LogP) is 6.35. The van der Waals surface area contributed by atoms with E-state index in [4.69, 9.17) is 14.2 Å². The van der Waals surface area contributed by atoms with Crippen LogP contribution in [0.25, 0.3) is 11.6 Å². The summed E-state index contributed by atoms with van der Waals surface area (Å²) >= 11 is 2.11. The first kappa shape index (κ1) is 29.4. The van der Waals surface area contributed by atoms with Gasteiger partial charge in [-0.25, -0.2) is 0 Å². The number of carbonyl (C=O) groups is 2. The smallest absolute Gasteiger partial charge is 0.233 e. The van der Waals surface area contributed by atoms with Gasteiger partial charge in [-0.3, -0.25) is 14.5 Å². The highest BCUT2D eigenvalue weighted by molar-refractivity contribution is 14.1. The van der Waals surface area contributed by atoms with Crippen LogP contribution in [0.15, 0.2) is 83.9 Å². The molecule has 3 aromatic carbocycles. The molecule has 1 N–H and O–H groups in total. The molecular weight excluding hydrogens is 657 g/mol. The first-order valence-corrected chi connectivity index (χ1v) is 15.6. The van der Waals surface area contributed by atoms with Crippen molar-refractivity contribution in [3.63, 3.8) is 0 Å². The van der Waals surface area contributed by atoms with Crippen LogP contribution in [-0.4, -0.2) is 55.3 Å². The number of imide groups is 1.